The number of para-hydroxylation sites is 1. The van der Waals surface area contributed by atoms with Gasteiger partial charge in [0.2, 0.25) is 0 Å². The minimum Gasteiger partial charge on any atom is -0.253 e. The molecule has 7 aromatic carbocycles. The molecule has 0 N–H and O–H groups in total. The molecule has 1 aromatic heterocycles. The Kier molecular flexibility index (Phi) is 4.94. The summed E-state index contributed by atoms with van der Waals surface area (Å²) in [5.74, 6) is 0. The fourth-order valence-corrected chi connectivity index (χ4v) is 7.85. The maximum atomic E-state index is 9.96. The lowest BCUT2D eigenvalue weighted by atomic mass is 9.60. The lowest BCUT2D eigenvalue weighted by Crippen LogP contribution is -2.34. The molecule has 0 radical (unpaired) electrons. The predicted octanol–water partition coefficient (Wildman–Crippen LogP) is 13.0. The predicted molar refractivity (Wildman–Crippen MR) is 212 cm³/mol. The molecule has 242 valence electrons. The van der Waals surface area contributed by atoms with Gasteiger partial charge in [-0.05, 0) is 101 Å². The third-order valence-electron chi connectivity index (χ3n) is 10.5. The molecule has 2 nitrogen and oxygen atoms in total. The standard InChI is InChI=1S/C48H40N2/c1-47(2)27-28-48(3,4)45-40(47)26-25-39(43(45)32-13-6-5-7-14-32)44-37-17-10-8-15-35(37)42(36-16-9-11-18-38(36)44)33-23-21-31(22-24-33)34-19-12-20-41-46(34)50-30-29-49-41/h5-26,29-30H,27-28H2,1-4H3/i8D,9D,10D,11D,15D,16D,17D,18D,25D,26D. The van der Waals surface area contributed by atoms with Crippen LogP contribution in [0.25, 0.3) is 77.1 Å². The van der Waals surface area contributed by atoms with Gasteiger partial charge in [-0.25, -0.2) is 0 Å². The molecule has 0 amide bonds. The smallest absolute Gasteiger partial charge is 0.0965 e. The summed E-state index contributed by atoms with van der Waals surface area (Å²) >= 11 is 0. The maximum Gasteiger partial charge on any atom is 0.0965 e. The second-order valence-corrected chi connectivity index (χ2v) is 14.4. The lowest BCUT2D eigenvalue weighted by molar-refractivity contribution is 0.333. The summed E-state index contributed by atoms with van der Waals surface area (Å²) in [6.07, 6.45) is 4.80. The van der Waals surface area contributed by atoms with Gasteiger partial charge in [-0.1, -0.05) is 155 Å². The van der Waals surface area contributed by atoms with Crippen molar-refractivity contribution < 1.29 is 13.7 Å². The first-order valence-corrected chi connectivity index (χ1v) is 17.0. The normalized spacial score (nSPS) is 17.8. The Morgan fingerprint density at radius 1 is 0.500 bits per heavy atom. The molecule has 1 aliphatic carbocycles. The second-order valence-electron chi connectivity index (χ2n) is 14.4. The van der Waals surface area contributed by atoms with Crippen molar-refractivity contribution in [2.24, 2.45) is 0 Å². The number of hydrogen-bond acceptors (Lipinski definition) is 2. The summed E-state index contributed by atoms with van der Waals surface area (Å²) < 4.78 is 93.9. The van der Waals surface area contributed by atoms with E-state index in [4.69, 9.17) is 5.48 Å². The topological polar surface area (TPSA) is 25.8 Å². The highest BCUT2D eigenvalue weighted by Crippen LogP contribution is 2.54. The Bertz CT molecular complexity index is 3060. The Labute approximate surface area is 308 Å². The molecular formula is C48H40N2. The third-order valence-corrected chi connectivity index (χ3v) is 10.5. The van der Waals surface area contributed by atoms with E-state index in [1.807, 2.05) is 60.7 Å². The molecule has 0 saturated carbocycles. The van der Waals surface area contributed by atoms with Crippen LogP contribution in [0, 0.1) is 0 Å². The van der Waals surface area contributed by atoms with Gasteiger partial charge >= 0.3 is 0 Å². The SMILES string of the molecule is [2H]c1c([2H])c2c(c(-c3ccccc3)c1-c1c3c([2H])c([2H])c([2H])c([2H])c3c(-c3ccc(-c4cccc5nccnc45)cc3)c3c([2H])c([2H])c([2H])c([2H])c13)C(C)(C)CCC2(C)C. The number of nitrogens with zero attached hydrogens (tertiary/aromatic N) is 2. The van der Waals surface area contributed by atoms with Crippen molar-refractivity contribution in [2.75, 3.05) is 0 Å². The summed E-state index contributed by atoms with van der Waals surface area (Å²) in [6, 6.07) is 18.6. The Balaban J connectivity index is 1.52. The average molecular weight is 655 g/mol. The largest absolute Gasteiger partial charge is 0.253 e. The monoisotopic (exact) mass is 654 g/mol. The summed E-state index contributed by atoms with van der Waals surface area (Å²) in [4.78, 5) is 9.01. The molecule has 1 aliphatic rings. The highest BCUT2D eigenvalue weighted by atomic mass is 14.8. The molecule has 0 aliphatic heterocycles. The molecule has 2 heteroatoms. The van der Waals surface area contributed by atoms with E-state index in [1.54, 1.807) is 24.5 Å². The van der Waals surface area contributed by atoms with E-state index in [2.05, 4.69) is 37.7 Å². The van der Waals surface area contributed by atoms with Gasteiger partial charge in [0.15, 0.2) is 0 Å². The van der Waals surface area contributed by atoms with Gasteiger partial charge in [-0.3, -0.25) is 9.97 Å². The molecular weight excluding hydrogens is 605 g/mol. The van der Waals surface area contributed by atoms with Crippen molar-refractivity contribution >= 4 is 32.6 Å². The first-order chi connectivity index (χ1) is 28.5. The molecule has 0 saturated heterocycles. The van der Waals surface area contributed by atoms with Crippen molar-refractivity contribution in [3.8, 4) is 44.5 Å². The van der Waals surface area contributed by atoms with Gasteiger partial charge in [0.05, 0.1) is 24.7 Å². The van der Waals surface area contributed by atoms with Gasteiger partial charge in [-0.2, -0.15) is 0 Å². The molecule has 0 bridgehead atoms. The van der Waals surface area contributed by atoms with Crippen molar-refractivity contribution in [3.05, 3.63) is 157 Å². The number of fused-ring (bicyclic) bond motifs is 4. The van der Waals surface area contributed by atoms with Crippen molar-refractivity contribution in [2.45, 2.75) is 51.4 Å². The zero-order valence-corrected chi connectivity index (χ0v) is 28.4. The van der Waals surface area contributed by atoms with Gasteiger partial charge < -0.3 is 0 Å². The summed E-state index contributed by atoms with van der Waals surface area (Å²) in [5.41, 5.74) is 5.92. The number of hydrogen-bond donors (Lipinski definition) is 0. The number of benzene rings is 7. The van der Waals surface area contributed by atoms with Crippen LogP contribution >= 0.6 is 0 Å². The van der Waals surface area contributed by atoms with Crippen LogP contribution in [-0.2, 0) is 10.8 Å². The lowest BCUT2D eigenvalue weighted by Gasteiger charge is -2.44. The Morgan fingerprint density at radius 3 is 1.76 bits per heavy atom. The van der Waals surface area contributed by atoms with Crippen LogP contribution in [0.2, 0.25) is 0 Å². The highest BCUT2D eigenvalue weighted by molar-refractivity contribution is 6.22. The Morgan fingerprint density at radius 2 is 1.08 bits per heavy atom. The van der Waals surface area contributed by atoms with Crippen LogP contribution in [-0.4, -0.2) is 9.97 Å². The molecule has 9 rings (SSSR count). The molecule has 0 atom stereocenters. The number of rotatable bonds is 4. The second kappa shape index (κ2) is 11.5. The quantitative estimate of drug-likeness (QED) is 0.177. The zero-order valence-electron chi connectivity index (χ0n) is 38.4. The van der Waals surface area contributed by atoms with E-state index >= 15 is 0 Å². The van der Waals surface area contributed by atoms with Crippen LogP contribution in [0.15, 0.2) is 146 Å². The van der Waals surface area contributed by atoms with Gasteiger partial charge in [0.25, 0.3) is 0 Å². The van der Waals surface area contributed by atoms with Gasteiger partial charge in [0, 0.05) is 18.0 Å². The average Bonchev–Trinajstić information content (AvgIpc) is 3.25. The van der Waals surface area contributed by atoms with E-state index in [0.29, 0.717) is 22.2 Å². The molecule has 8 aromatic rings. The first kappa shape index (κ1) is 21.5. The molecule has 1 heterocycles. The van der Waals surface area contributed by atoms with Crippen molar-refractivity contribution in [1.82, 2.24) is 9.97 Å². The minimum atomic E-state index is -0.523. The first-order valence-electron chi connectivity index (χ1n) is 22.0. The van der Waals surface area contributed by atoms with E-state index in [1.165, 1.54) is 0 Å². The van der Waals surface area contributed by atoms with E-state index < -0.39 is 47.1 Å². The fourth-order valence-electron chi connectivity index (χ4n) is 7.85. The minimum absolute atomic E-state index is 0.0137. The van der Waals surface area contributed by atoms with Crippen molar-refractivity contribution in [1.29, 1.82) is 0 Å². The van der Waals surface area contributed by atoms with E-state index in [9.17, 15) is 8.22 Å². The highest BCUT2D eigenvalue weighted by Gasteiger charge is 2.40. The fraction of sp³-hybridized carbons (Fsp3) is 0.167. The number of aromatic nitrogens is 2. The van der Waals surface area contributed by atoms with Crippen LogP contribution in [0.1, 0.15) is 65.4 Å². The van der Waals surface area contributed by atoms with E-state index in [0.717, 1.165) is 40.7 Å². The van der Waals surface area contributed by atoms with Crippen LogP contribution in [0.4, 0.5) is 0 Å². The van der Waals surface area contributed by atoms with Crippen molar-refractivity contribution in [3.63, 3.8) is 0 Å². The molecule has 0 fully saturated rings. The zero-order chi connectivity index (χ0) is 42.7. The molecule has 0 unspecified atom stereocenters. The van der Waals surface area contributed by atoms with Crippen LogP contribution < -0.4 is 0 Å². The van der Waals surface area contributed by atoms with Gasteiger partial charge in [-0.15, -0.1) is 0 Å². The summed E-state index contributed by atoms with van der Waals surface area (Å²) in [5, 5.41) is 0.138. The summed E-state index contributed by atoms with van der Waals surface area (Å²) in [6.45, 7) is 8.40. The third kappa shape index (κ3) is 4.77. The van der Waals surface area contributed by atoms with Crippen LogP contribution in [0.5, 0.6) is 0 Å². The van der Waals surface area contributed by atoms with Gasteiger partial charge in [0.1, 0.15) is 0 Å². The molecule has 0 spiro atoms. The van der Waals surface area contributed by atoms with Crippen LogP contribution in [0.3, 0.4) is 0 Å². The van der Waals surface area contributed by atoms with E-state index in [-0.39, 0.29) is 62.4 Å². The Hall–Kier alpha value is -5.60. The summed E-state index contributed by atoms with van der Waals surface area (Å²) in [7, 11) is 0. The maximum absolute atomic E-state index is 9.96. The molecule has 50 heavy (non-hydrogen) atoms.